The van der Waals surface area contributed by atoms with Gasteiger partial charge in [0.05, 0.1) is 11.3 Å². The van der Waals surface area contributed by atoms with Crippen LogP contribution in [0.5, 0.6) is 0 Å². The number of benzene rings is 1. The molecule has 3 aromatic rings. The maximum absolute atomic E-state index is 13.2. The van der Waals surface area contributed by atoms with Crippen LogP contribution in [0.3, 0.4) is 0 Å². The molecule has 0 unspecified atom stereocenters. The molecule has 0 saturated carbocycles. The molecule has 108 valence electrons. The molecule has 3 N–H and O–H groups in total. The maximum Gasteiger partial charge on any atom is 0.226 e. The fourth-order valence-electron chi connectivity index (χ4n) is 1.87. The molecule has 0 radical (unpaired) electrons. The number of nitrogens with zero attached hydrogens (tertiary/aromatic N) is 3. The molecule has 0 amide bonds. The second kappa shape index (κ2) is 5.53. The van der Waals surface area contributed by atoms with Crippen molar-refractivity contribution in [1.29, 1.82) is 0 Å². The van der Waals surface area contributed by atoms with Crippen molar-refractivity contribution in [2.24, 2.45) is 0 Å². The van der Waals surface area contributed by atoms with E-state index < -0.39 is 5.82 Å². The first-order valence-corrected chi connectivity index (χ1v) is 6.72. The lowest BCUT2D eigenvalue weighted by Gasteiger charge is -2.09. The summed E-state index contributed by atoms with van der Waals surface area (Å²) in [6, 6.07) is 4.37. The number of fused-ring (bicyclic) bond motifs is 1. The summed E-state index contributed by atoms with van der Waals surface area (Å²) < 4.78 is 13.2. The highest BCUT2D eigenvalue weighted by Crippen LogP contribution is 2.25. The average Bonchev–Trinajstić information content (AvgIpc) is 2.92. The Morgan fingerprint density at radius 2 is 2.19 bits per heavy atom. The number of nitrogens with one attached hydrogen (secondary N) is 3. The number of rotatable bonds is 4. The van der Waals surface area contributed by atoms with Crippen LogP contribution in [0.1, 0.15) is 6.92 Å². The zero-order chi connectivity index (χ0) is 14.8. The van der Waals surface area contributed by atoms with Crippen molar-refractivity contribution in [3.63, 3.8) is 0 Å². The first kappa shape index (κ1) is 13.6. The van der Waals surface area contributed by atoms with E-state index in [9.17, 15) is 4.39 Å². The van der Waals surface area contributed by atoms with Crippen LogP contribution in [-0.2, 0) is 0 Å². The molecule has 2 aromatic heterocycles. The van der Waals surface area contributed by atoms with Gasteiger partial charge >= 0.3 is 0 Å². The molecular formula is C13H12ClFN6. The van der Waals surface area contributed by atoms with E-state index in [4.69, 9.17) is 11.6 Å². The minimum absolute atomic E-state index is 0.0433. The SMILES string of the molecule is CCNc1nc(Nc2ccc(F)c(Cl)c2)c2[nH]cnc2n1. The Bertz CT molecular complexity index is 787. The summed E-state index contributed by atoms with van der Waals surface area (Å²) in [6.07, 6.45) is 1.54. The molecule has 21 heavy (non-hydrogen) atoms. The maximum atomic E-state index is 13.2. The van der Waals surface area contributed by atoms with E-state index in [1.54, 1.807) is 6.07 Å². The monoisotopic (exact) mass is 306 g/mol. The fourth-order valence-corrected chi connectivity index (χ4v) is 2.05. The van der Waals surface area contributed by atoms with Gasteiger partial charge in [0.15, 0.2) is 11.5 Å². The third-order valence-corrected chi connectivity index (χ3v) is 3.09. The quantitative estimate of drug-likeness (QED) is 0.689. The van der Waals surface area contributed by atoms with Crippen molar-refractivity contribution in [1.82, 2.24) is 19.9 Å². The Labute approximate surface area is 124 Å². The summed E-state index contributed by atoms with van der Waals surface area (Å²) in [5.74, 6) is 0.536. The molecule has 0 aliphatic heterocycles. The number of halogens is 2. The molecular weight excluding hydrogens is 295 g/mol. The topological polar surface area (TPSA) is 78.5 Å². The Kier molecular flexibility index (Phi) is 3.57. The standard InChI is InChI=1S/C13H12ClFN6/c1-2-16-13-20-11-10(17-6-18-11)12(21-13)19-7-3-4-9(15)8(14)5-7/h3-6H,2H2,1H3,(H3,16,17,18,19,20,21). The summed E-state index contributed by atoms with van der Waals surface area (Å²) >= 11 is 5.78. The number of anilines is 3. The summed E-state index contributed by atoms with van der Waals surface area (Å²) in [7, 11) is 0. The predicted molar refractivity (Wildman–Crippen MR) is 80.5 cm³/mol. The van der Waals surface area contributed by atoms with Gasteiger partial charge in [0.1, 0.15) is 11.3 Å². The van der Waals surface area contributed by atoms with E-state index in [0.717, 1.165) is 0 Å². The number of hydrogen-bond acceptors (Lipinski definition) is 5. The molecule has 0 spiro atoms. The molecule has 6 nitrogen and oxygen atoms in total. The van der Waals surface area contributed by atoms with Crippen LogP contribution in [-0.4, -0.2) is 26.5 Å². The number of H-pyrrole nitrogens is 1. The molecule has 0 atom stereocenters. The minimum Gasteiger partial charge on any atom is -0.354 e. The van der Waals surface area contributed by atoms with Gasteiger partial charge in [-0.1, -0.05) is 11.6 Å². The third-order valence-electron chi connectivity index (χ3n) is 2.80. The van der Waals surface area contributed by atoms with Crippen molar-refractivity contribution < 1.29 is 4.39 Å². The molecule has 0 aliphatic carbocycles. The normalized spacial score (nSPS) is 10.8. The fraction of sp³-hybridized carbons (Fsp3) is 0.154. The van der Waals surface area contributed by atoms with Gasteiger partial charge in [-0.15, -0.1) is 0 Å². The molecule has 2 heterocycles. The van der Waals surface area contributed by atoms with Crippen molar-refractivity contribution in [2.45, 2.75) is 6.92 Å². The van der Waals surface area contributed by atoms with Gasteiger partial charge in [-0.05, 0) is 25.1 Å². The number of hydrogen-bond donors (Lipinski definition) is 3. The van der Waals surface area contributed by atoms with Gasteiger partial charge in [0.25, 0.3) is 0 Å². The molecule has 3 rings (SSSR count). The predicted octanol–water partition coefficient (Wildman–Crippen LogP) is 3.32. The van der Waals surface area contributed by atoms with Crippen LogP contribution < -0.4 is 10.6 Å². The van der Waals surface area contributed by atoms with Crippen molar-refractivity contribution in [3.8, 4) is 0 Å². The molecule has 8 heteroatoms. The second-order valence-corrected chi connectivity index (χ2v) is 4.69. The van der Waals surface area contributed by atoms with Crippen molar-refractivity contribution in [2.75, 3.05) is 17.2 Å². The lowest BCUT2D eigenvalue weighted by Crippen LogP contribution is -2.05. The largest absolute Gasteiger partial charge is 0.354 e. The highest BCUT2D eigenvalue weighted by molar-refractivity contribution is 6.31. The third kappa shape index (κ3) is 2.73. The van der Waals surface area contributed by atoms with Gasteiger partial charge in [0, 0.05) is 12.2 Å². The lowest BCUT2D eigenvalue weighted by atomic mass is 10.3. The number of imidazole rings is 1. The second-order valence-electron chi connectivity index (χ2n) is 4.28. The van der Waals surface area contributed by atoms with Crippen LogP contribution in [0.25, 0.3) is 11.2 Å². The summed E-state index contributed by atoms with van der Waals surface area (Å²) in [4.78, 5) is 15.7. The summed E-state index contributed by atoms with van der Waals surface area (Å²) in [5, 5.41) is 6.16. The first-order chi connectivity index (χ1) is 10.2. The highest BCUT2D eigenvalue weighted by atomic mass is 35.5. The molecule has 0 saturated heterocycles. The Balaban J connectivity index is 2.01. The molecule has 0 fully saturated rings. The van der Waals surface area contributed by atoms with Gasteiger partial charge < -0.3 is 15.6 Å². The van der Waals surface area contributed by atoms with Gasteiger partial charge in [-0.3, -0.25) is 0 Å². The van der Waals surface area contributed by atoms with Gasteiger partial charge in [0.2, 0.25) is 5.95 Å². The van der Waals surface area contributed by atoms with E-state index in [-0.39, 0.29) is 5.02 Å². The highest BCUT2D eigenvalue weighted by Gasteiger charge is 2.10. The lowest BCUT2D eigenvalue weighted by molar-refractivity contribution is 0.628. The van der Waals surface area contributed by atoms with Gasteiger partial charge in [-0.25, -0.2) is 9.37 Å². The first-order valence-electron chi connectivity index (χ1n) is 6.34. The number of aromatic amines is 1. The smallest absolute Gasteiger partial charge is 0.226 e. The zero-order valence-corrected chi connectivity index (χ0v) is 11.9. The van der Waals surface area contributed by atoms with E-state index in [0.29, 0.717) is 35.2 Å². The van der Waals surface area contributed by atoms with E-state index in [2.05, 4.69) is 30.6 Å². The molecule has 1 aromatic carbocycles. The Morgan fingerprint density at radius 3 is 2.95 bits per heavy atom. The van der Waals surface area contributed by atoms with Crippen LogP contribution >= 0.6 is 11.6 Å². The molecule has 0 bridgehead atoms. The van der Waals surface area contributed by atoms with Crippen molar-refractivity contribution in [3.05, 3.63) is 35.4 Å². The van der Waals surface area contributed by atoms with E-state index in [1.807, 2.05) is 6.92 Å². The van der Waals surface area contributed by atoms with Crippen LogP contribution in [0.2, 0.25) is 5.02 Å². The summed E-state index contributed by atoms with van der Waals surface area (Å²) in [6.45, 7) is 2.64. The Hall–Kier alpha value is -2.41. The Morgan fingerprint density at radius 1 is 1.33 bits per heavy atom. The number of aromatic nitrogens is 4. The zero-order valence-electron chi connectivity index (χ0n) is 11.1. The van der Waals surface area contributed by atoms with Crippen LogP contribution in [0, 0.1) is 5.82 Å². The van der Waals surface area contributed by atoms with Crippen LogP contribution in [0.15, 0.2) is 24.5 Å². The van der Waals surface area contributed by atoms with E-state index >= 15 is 0 Å². The summed E-state index contributed by atoms with van der Waals surface area (Å²) in [5.41, 5.74) is 1.83. The average molecular weight is 307 g/mol. The minimum atomic E-state index is -0.468. The molecule has 0 aliphatic rings. The van der Waals surface area contributed by atoms with Gasteiger partial charge in [-0.2, -0.15) is 9.97 Å². The van der Waals surface area contributed by atoms with Crippen molar-refractivity contribution >= 4 is 40.2 Å². The van der Waals surface area contributed by atoms with Crippen LogP contribution in [0.4, 0.5) is 21.8 Å². The van der Waals surface area contributed by atoms with E-state index in [1.165, 1.54) is 18.5 Å².